The van der Waals surface area contributed by atoms with Crippen LogP contribution in [-0.2, 0) is 12.8 Å². The van der Waals surface area contributed by atoms with Gasteiger partial charge in [0.25, 0.3) is 5.91 Å². The van der Waals surface area contributed by atoms with Crippen molar-refractivity contribution in [1.82, 2.24) is 10.3 Å². The second-order valence-electron chi connectivity index (χ2n) is 5.87. The second kappa shape index (κ2) is 5.98. The summed E-state index contributed by atoms with van der Waals surface area (Å²) in [5, 5.41) is 5.12. The number of thiophene rings is 1. The van der Waals surface area contributed by atoms with E-state index in [1.165, 1.54) is 16.9 Å². The quantitative estimate of drug-likeness (QED) is 0.938. The number of aromatic nitrogens is 1. The lowest BCUT2D eigenvalue weighted by Gasteiger charge is -2.19. The Morgan fingerprint density at radius 1 is 1.43 bits per heavy atom. The van der Waals surface area contributed by atoms with E-state index in [0.717, 1.165) is 29.9 Å². The van der Waals surface area contributed by atoms with Crippen LogP contribution in [0.1, 0.15) is 52.7 Å². The molecule has 0 radical (unpaired) electrons. The Balaban J connectivity index is 1.75. The molecule has 0 saturated carbocycles. The topological polar surface area (TPSA) is 42.0 Å². The van der Waals surface area contributed by atoms with Gasteiger partial charge in [-0.25, -0.2) is 0 Å². The van der Waals surface area contributed by atoms with Crippen molar-refractivity contribution in [2.75, 3.05) is 0 Å². The number of pyridine rings is 1. The minimum Gasteiger partial charge on any atom is -0.345 e. The Kier molecular flexibility index (Phi) is 4.06. The zero-order chi connectivity index (χ0) is 14.8. The predicted molar refractivity (Wildman–Crippen MR) is 85.6 cm³/mol. The Labute approximate surface area is 129 Å². The minimum absolute atomic E-state index is 0.00133. The van der Waals surface area contributed by atoms with Crippen molar-refractivity contribution in [2.45, 2.75) is 39.2 Å². The van der Waals surface area contributed by atoms with Gasteiger partial charge in [-0.3, -0.25) is 9.78 Å². The number of carbonyl (C=O) groups excluding carboxylic acids is 1. The summed E-state index contributed by atoms with van der Waals surface area (Å²) in [4.78, 5) is 17.9. The van der Waals surface area contributed by atoms with E-state index in [1.54, 1.807) is 23.7 Å². The third-order valence-electron chi connectivity index (χ3n) is 4.20. The summed E-state index contributed by atoms with van der Waals surface area (Å²) in [5.41, 5.74) is 3.23. The van der Waals surface area contributed by atoms with Crippen molar-refractivity contribution in [3.8, 4) is 0 Å². The summed E-state index contributed by atoms with van der Waals surface area (Å²) >= 11 is 1.74. The SMILES string of the molecule is C[C@H]1CCc2c(C(=O)N[C@H](C)c3ccncc3)csc2C1. The highest BCUT2D eigenvalue weighted by molar-refractivity contribution is 7.10. The molecule has 21 heavy (non-hydrogen) atoms. The third kappa shape index (κ3) is 3.00. The van der Waals surface area contributed by atoms with Crippen molar-refractivity contribution in [2.24, 2.45) is 5.92 Å². The van der Waals surface area contributed by atoms with Crippen molar-refractivity contribution in [3.63, 3.8) is 0 Å². The van der Waals surface area contributed by atoms with Crippen molar-refractivity contribution >= 4 is 17.2 Å². The van der Waals surface area contributed by atoms with Crippen LogP contribution in [0.15, 0.2) is 29.9 Å². The van der Waals surface area contributed by atoms with Crippen LogP contribution in [0.5, 0.6) is 0 Å². The average Bonchev–Trinajstić information content (AvgIpc) is 2.91. The molecule has 0 aromatic carbocycles. The van der Waals surface area contributed by atoms with Gasteiger partial charge in [0, 0.05) is 22.7 Å². The predicted octanol–water partition coefficient (Wildman–Crippen LogP) is 3.76. The first kappa shape index (κ1) is 14.3. The first-order valence-corrected chi connectivity index (χ1v) is 8.33. The van der Waals surface area contributed by atoms with Crippen LogP contribution < -0.4 is 5.32 Å². The van der Waals surface area contributed by atoms with Gasteiger partial charge in [0.05, 0.1) is 11.6 Å². The monoisotopic (exact) mass is 300 g/mol. The van der Waals surface area contributed by atoms with Gasteiger partial charge in [-0.1, -0.05) is 6.92 Å². The van der Waals surface area contributed by atoms with Gasteiger partial charge in [0.1, 0.15) is 0 Å². The van der Waals surface area contributed by atoms with Crippen LogP contribution in [-0.4, -0.2) is 10.9 Å². The number of amides is 1. The molecule has 3 nitrogen and oxygen atoms in total. The van der Waals surface area contributed by atoms with Gasteiger partial charge in [-0.05, 0) is 55.4 Å². The second-order valence-corrected chi connectivity index (χ2v) is 6.84. The number of nitrogens with one attached hydrogen (secondary N) is 1. The van der Waals surface area contributed by atoms with Crippen LogP contribution in [0.3, 0.4) is 0 Å². The molecule has 2 aromatic heterocycles. The molecule has 0 bridgehead atoms. The van der Waals surface area contributed by atoms with E-state index in [1.807, 2.05) is 24.4 Å². The van der Waals surface area contributed by atoms with E-state index < -0.39 is 0 Å². The lowest BCUT2D eigenvalue weighted by molar-refractivity contribution is 0.0939. The van der Waals surface area contributed by atoms with Crippen LogP contribution in [0.2, 0.25) is 0 Å². The highest BCUT2D eigenvalue weighted by atomic mass is 32.1. The van der Waals surface area contributed by atoms with E-state index in [9.17, 15) is 4.79 Å². The van der Waals surface area contributed by atoms with Gasteiger partial charge >= 0.3 is 0 Å². The van der Waals surface area contributed by atoms with E-state index >= 15 is 0 Å². The van der Waals surface area contributed by atoms with Gasteiger partial charge in [-0.15, -0.1) is 11.3 Å². The molecule has 0 fully saturated rings. The van der Waals surface area contributed by atoms with Crippen molar-refractivity contribution in [3.05, 3.63) is 51.5 Å². The highest BCUT2D eigenvalue weighted by Crippen LogP contribution is 2.33. The molecule has 2 atom stereocenters. The third-order valence-corrected chi connectivity index (χ3v) is 5.25. The molecule has 0 spiro atoms. The van der Waals surface area contributed by atoms with Gasteiger partial charge in [0.15, 0.2) is 0 Å². The fourth-order valence-electron chi connectivity index (χ4n) is 2.88. The van der Waals surface area contributed by atoms with E-state index in [0.29, 0.717) is 0 Å². The van der Waals surface area contributed by atoms with E-state index in [2.05, 4.69) is 17.2 Å². The molecule has 0 unspecified atom stereocenters. The molecule has 3 rings (SSSR count). The van der Waals surface area contributed by atoms with Crippen LogP contribution in [0.25, 0.3) is 0 Å². The molecular formula is C17H20N2OS. The summed E-state index contributed by atoms with van der Waals surface area (Å²) in [6, 6.07) is 3.88. The highest BCUT2D eigenvalue weighted by Gasteiger charge is 2.23. The molecule has 110 valence electrons. The van der Waals surface area contributed by atoms with E-state index in [-0.39, 0.29) is 11.9 Å². The van der Waals surface area contributed by atoms with Gasteiger partial charge in [-0.2, -0.15) is 0 Å². The molecule has 0 aliphatic heterocycles. The Morgan fingerprint density at radius 3 is 2.95 bits per heavy atom. The van der Waals surface area contributed by atoms with Crippen LogP contribution >= 0.6 is 11.3 Å². The molecule has 1 aliphatic carbocycles. The molecule has 4 heteroatoms. The maximum absolute atomic E-state index is 12.5. The maximum atomic E-state index is 12.5. The largest absolute Gasteiger partial charge is 0.345 e. The molecule has 2 heterocycles. The Hall–Kier alpha value is -1.68. The van der Waals surface area contributed by atoms with Crippen LogP contribution in [0, 0.1) is 5.92 Å². The zero-order valence-electron chi connectivity index (χ0n) is 12.4. The summed E-state index contributed by atoms with van der Waals surface area (Å²) in [6.07, 6.45) is 6.85. The first-order valence-electron chi connectivity index (χ1n) is 7.45. The van der Waals surface area contributed by atoms with Gasteiger partial charge in [0.2, 0.25) is 0 Å². The summed E-state index contributed by atoms with van der Waals surface area (Å²) in [5.74, 6) is 0.786. The molecule has 0 saturated heterocycles. The fraction of sp³-hybridized carbons (Fsp3) is 0.412. The number of hydrogen-bond acceptors (Lipinski definition) is 3. The maximum Gasteiger partial charge on any atom is 0.252 e. The standard InChI is InChI=1S/C17H20N2OS/c1-11-3-4-14-15(10-21-16(14)9-11)17(20)19-12(2)13-5-7-18-8-6-13/h5-8,10-12H,3-4,9H2,1-2H3,(H,19,20)/t11-,12+/m0/s1. The summed E-state index contributed by atoms with van der Waals surface area (Å²) < 4.78 is 0. The number of rotatable bonds is 3. The summed E-state index contributed by atoms with van der Waals surface area (Å²) in [6.45, 7) is 4.29. The Bertz CT molecular complexity index is 635. The molecular weight excluding hydrogens is 280 g/mol. The molecule has 1 N–H and O–H groups in total. The van der Waals surface area contributed by atoms with E-state index in [4.69, 9.17) is 0 Å². The van der Waals surface area contributed by atoms with Crippen molar-refractivity contribution < 1.29 is 4.79 Å². The normalized spacial score (nSPS) is 18.9. The molecule has 1 amide bonds. The lowest BCUT2D eigenvalue weighted by Crippen LogP contribution is -2.27. The zero-order valence-corrected chi connectivity index (χ0v) is 13.2. The first-order chi connectivity index (χ1) is 10.1. The minimum atomic E-state index is -0.00133. The molecule has 1 aliphatic rings. The number of fused-ring (bicyclic) bond motifs is 1. The number of hydrogen-bond donors (Lipinski definition) is 1. The lowest BCUT2D eigenvalue weighted by atomic mass is 9.88. The summed E-state index contributed by atoms with van der Waals surface area (Å²) in [7, 11) is 0. The number of carbonyl (C=O) groups is 1. The van der Waals surface area contributed by atoms with Gasteiger partial charge < -0.3 is 5.32 Å². The number of nitrogens with zero attached hydrogens (tertiary/aromatic N) is 1. The average molecular weight is 300 g/mol. The fourth-order valence-corrected chi connectivity index (χ4v) is 4.12. The Morgan fingerprint density at radius 2 is 2.19 bits per heavy atom. The van der Waals surface area contributed by atoms with Crippen molar-refractivity contribution in [1.29, 1.82) is 0 Å². The van der Waals surface area contributed by atoms with Crippen LogP contribution in [0.4, 0.5) is 0 Å². The smallest absolute Gasteiger partial charge is 0.252 e. The molecule has 2 aromatic rings.